The highest BCUT2D eigenvalue weighted by atomic mass is 79.9. The van der Waals surface area contributed by atoms with Crippen LogP contribution in [0.3, 0.4) is 0 Å². The summed E-state index contributed by atoms with van der Waals surface area (Å²) >= 11 is 3.41. The summed E-state index contributed by atoms with van der Waals surface area (Å²) < 4.78 is 0.962. The van der Waals surface area contributed by atoms with Crippen LogP contribution < -0.4 is 0 Å². The van der Waals surface area contributed by atoms with Crippen molar-refractivity contribution in [2.45, 2.75) is 25.7 Å². The van der Waals surface area contributed by atoms with E-state index in [-0.39, 0.29) is 5.92 Å². The molecule has 0 bridgehead atoms. The van der Waals surface area contributed by atoms with Gasteiger partial charge in [0.05, 0.1) is 5.92 Å². The summed E-state index contributed by atoms with van der Waals surface area (Å²) in [6.45, 7) is 1.99. The zero-order chi connectivity index (χ0) is 11.0. The molecule has 1 aliphatic carbocycles. The van der Waals surface area contributed by atoms with Crippen LogP contribution in [-0.2, 0) is 4.79 Å². The van der Waals surface area contributed by atoms with E-state index in [2.05, 4.69) is 15.9 Å². The van der Waals surface area contributed by atoms with Crippen LogP contribution in [0.15, 0.2) is 22.7 Å². The fourth-order valence-corrected chi connectivity index (χ4v) is 2.62. The summed E-state index contributed by atoms with van der Waals surface area (Å²) in [5.74, 6) is -0.674. The van der Waals surface area contributed by atoms with Crippen LogP contribution >= 0.6 is 15.9 Å². The Balaban J connectivity index is 2.36. The first kappa shape index (κ1) is 10.7. The smallest absolute Gasteiger partial charge is 0.311 e. The number of benzene rings is 1. The van der Waals surface area contributed by atoms with Crippen LogP contribution in [0.4, 0.5) is 0 Å². The third-order valence-electron chi connectivity index (χ3n) is 2.78. The van der Waals surface area contributed by atoms with Gasteiger partial charge in [0.15, 0.2) is 0 Å². The lowest BCUT2D eigenvalue weighted by Gasteiger charge is -2.12. The maximum absolute atomic E-state index is 11.2. The van der Waals surface area contributed by atoms with E-state index in [1.165, 1.54) is 0 Å². The maximum atomic E-state index is 11.2. The third-order valence-corrected chi connectivity index (χ3v) is 3.24. The van der Waals surface area contributed by atoms with Crippen molar-refractivity contribution in [3.05, 3.63) is 33.8 Å². The van der Waals surface area contributed by atoms with Gasteiger partial charge in [0.1, 0.15) is 0 Å². The van der Waals surface area contributed by atoms with Crippen LogP contribution in [-0.4, -0.2) is 11.1 Å². The average molecular weight is 269 g/mol. The second-order valence-electron chi connectivity index (χ2n) is 4.22. The molecule has 1 atom stereocenters. The Hall–Kier alpha value is -0.830. The molecule has 0 spiro atoms. The van der Waals surface area contributed by atoms with Gasteiger partial charge >= 0.3 is 5.97 Å². The van der Waals surface area contributed by atoms with Crippen molar-refractivity contribution in [3.8, 4) is 0 Å². The van der Waals surface area contributed by atoms with Gasteiger partial charge in [-0.2, -0.15) is 0 Å². The minimum Gasteiger partial charge on any atom is -0.481 e. The van der Waals surface area contributed by atoms with Crippen molar-refractivity contribution in [1.29, 1.82) is 0 Å². The van der Waals surface area contributed by atoms with E-state index in [0.29, 0.717) is 5.92 Å². The highest BCUT2D eigenvalue weighted by Gasteiger charge is 2.37. The Bertz CT molecular complexity index is 376. The molecule has 2 nitrogen and oxygen atoms in total. The Labute approximate surface area is 97.4 Å². The SMILES string of the molecule is Cc1cc(Br)cc(C(C(=O)O)C2CC2)c1. The van der Waals surface area contributed by atoms with Gasteiger partial charge in [-0.1, -0.05) is 22.0 Å². The Kier molecular flexibility index (Phi) is 2.83. The minimum absolute atomic E-state index is 0.318. The zero-order valence-electron chi connectivity index (χ0n) is 8.53. The topological polar surface area (TPSA) is 37.3 Å². The average Bonchev–Trinajstić information content (AvgIpc) is 2.85. The van der Waals surface area contributed by atoms with E-state index in [1.807, 2.05) is 25.1 Å². The molecule has 1 aromatic rings. The molecule has 0 aliphatic heterocycles. The number of carboxylic acid groups (broad SMARTS) is 1. The molecule has 1 aromatic carbocycles. The minimum atomic E-state index is -0.699. The van der Waals surface area contributed by atoms with Gasteiger partial charge in [-0.15, -0.1) is 0 Å². The summed E-state index contributed by atoms with van der Waals surface area (Å²) in [5, 5.41) is 9.20. The molecule has 0 heterocycles. The molecule has 0 aromatic heterocycles. The molecule has 3 heteroatoms. The molecule has 0 saturated heterocycles. The third kappa shape index (κ3) is 2.40. The molecule has 1 N–H and O–H groups in total. The first-order valence-electron chi connectivity index (χ1n) is 5.08. The van der Waals surface area contributed by atoms with E-state index >= 15 is 0 Å². The van der Waals surface area contributed by atoms with Gasteiger partial charge < -0.3 is 5.11 Å². The Morgan fingerprint density at radius 3 is 2.60 bits per heavy atom. The van der Waals surface area contributed by atoms with Gasteiger partial charge in [0.25, 0.3) is 0 Å². The highest BCUT2D eigenvalue weighted by Crippen LogP contribution is 2.43. The van der Waals surface area contributed by atoms with Crippen molar-refractivity contribution in [2.75, 3.05) is 0 Å². The predicted molar refractivity (Wildman–Crippen MR) is 62.0 cm³/mol. The van der Waals surface area contributed by atoms with E-state index in [4.69, 9.17) is 0 Å². The number of carbonyl (C=O) groups is 1. The van der Waals surface area contributed by atoms with Crippen molar-refractivity contribution in [2.24, 2.45) is 5.92 Å². The van der Waals surface area contributed by atoms with Crippen molar-refractivity contribution < 1.29 is 9.90 Å². The highest BCUT2D eigenvalue weighted by molar-refractivity contribution is 9.10. The van der Waals surface area contributed by atoms with Gasteiger partial charge in [0.2, 0.25) is 0 Å². The molecule has 1 unspecified atom stereocenters. The van der Waals surface area contributed by atoms with Gasteiger partial charge in [-0.25, -0.2) is 0 Å². The molecule has 0 amide bonds. The number of aliphatic carboxylic acids is 1. The Morgan fingerprint density at radius 2 is 2.13 bits per heavy atom. The molecular weight excluding hydrogens is 256 g/mol. The molecular formula is C12H13BrO2. The van der Waals surface area contributed by atoms with Crippen LogP contribution in [0.25, 0.3) is 0 Å². The lowest BCUT2D eigenvalue weighted by Crippen LogP contribution is -2.13. The van der Waals surface area contributed by atoms with Crippen molar-refractivity contribution in [3.63, 3.8) is 0 Å². The van der Waals surface area contributed by atoms with E-state index in [0.717, 1.165) is 28.4 Å². The number of hydrogen-bond donors (Lipinski definition) is 1. The molecule has 2 rings (SSSR count). The van der Waals surface area contributed by atoms with Crippen LogP contribution in [0, 0.1) is 12.8 Å². The number of aryl methyl sites for hydroxylation is 1. The van der Waals surface area contributed by atoms with Gasteiger partial charge in [0, 0.05) is 4.47 Å². The van der Waals surface area contributed by atoms with Gasteiger partial charge in [-0.05, 0) is 48.9 Å². The number of hydrogen-bond acceptors (Lipinski definition) is 1. The van der Waals surface area contributed by atoms with Crippen LogP contribution in [0.1, 0.15) is 29.9 Å². The monoisotopic (exact) mass is 268 g/mol. The number of halogens is 1. The molecule has 1 fully saturated rings. The summed E-state index contributed by atoms with van der Waals surface area (Å²) in [6.07, 6.45) is 2.09. The molecule has 0 radical (unpaired) electrons. The number of rotatable bonds is 3. The van der Waals surface area contributed by atoms with E-state index < -0.39 is 5.97 Å². The van der Waals surface area contributed by atoms with Crippen molar-refractivity contribution >= 4 is 21.9 Å². The van der Waals surface area contributed by atoms with Crippen molar-refractivity contribution in [1.82, 2.24) is 0 Å². The molecule has 80 valence electrons. The Morgan fingerprint density at radius 1 is 1.47 bits per heavy atom. The van der Waals surface area contributed by atoms with E-state index in [9.17, 15) is 9.90 Å². The zero-order valence-corrected chi connectivity index (χ0v) is 10.1. The van der Waals surface area contributed by atoms with Crippen LogP contribution in [0.2, 0.25) is 0 Å². The molecule has 1 aliphatic rings. The van der Waals surface area contributed by atoms with Crippen LogP contribution in [0.5, 0.6) is 0 Å². The fraction of sp³-hybridized carbons (Fsp3) is 0.417. The number of carboxylic acids is 1. The van der Waals surface area contributed by atoms with E-state index in [1.54, 1.807) is 0 Å². The fourth-order valence-electron chi connectivity index (χ4n) is 1.99. The first-order valence-corrected chi connectivity index (χ1v) is 5.87. The summed E-state index contributed by atoms with van der Waals surface area (Å²) in [4.78, 5) is 11.2. The largest absolute Gasteiger partial charge is 0.481 e. The molecule has 15 heavy (non-hydrogen) atoms. The second-order valence-corrected chi connectivity index (χ2v) is 5.13. The standard InChI is InChI=1S/C12H13BrO2/c1-7-4-9(6-10(13)5-7)11(12(14)15)8-2-3-8/h4-6,8,11H,2-3H2,1H3,(H,14,15). The lowest BCUT2D eigenvalue weighted by molar-refractivity contribution is -0.139. The normalized spacial score (nSPS) is 17.5. The first-order chi connectivity index (χ1) is 7.08. The predicted octanol–water partition coefficient (Wildman–Crippen LogP) is 3.34. The maximum Gasteiger partial charge on any atom is 0.311 e. The lowest BCUT2D eigenvalue weighted by atomic mass is 9.93. The molecule has 1 saturated carbocycles. The second kappa shape index (κ2) is 3.97. The quantitative estimate of drug-likeness (QED) is 0.913. The summed E-state index contributed by atoms with van der Waals surface area (Å²) in [5.41, 5.74) is 2.03. The summed E-state index contributed by atoms with van der Waals surface area (Å²) in [6, 6.07) is 5.89. The van der Waals surface area contributed by atoms with Gasteiger partial charge in [-0.3, -0.25) is 4.79 Å². The summed E-state index contributed by atoms with van der Waals surface area (Å²) in [7, 11) is 0.